The summed E-state index contributed by atoms with van der Waals surface area (Å²) in [6, 6.07) is 7.89. The molecule has 0 saturated heterocycles. The molecule has 0 fully saturated rings. The standard InChI is InChI=1S/C6H7NO2S.Li.H/c7-10(8,9)6-4-2-1-3-5-6;;/h1-5H,(H2,7,8,9);;. The Kier molecular flexibility index (Phi) is 3.83. The minimum atomic E-state index is -3.50. The number of rotatable bonds is 1. The van der Waals surface area contributed by atoms with Gasteiger partial charge in [-0.3, -0.25) is 0 Å². The van der Waals surface area contributed by atoms with Gasteiger partial charge in [-0.1, -0.05) is 18.2 Å². The van der Waals surface area contributed by atoms with Crippen molar-refractivity contribution < 1.29 is 8.42 Å². The average Bonchev–Trinajstić information content (AvgIpc) is 1.88. The Morgan fingerprint density at radius 3 is 1.82 bits per heavy atom. The first kappa shape index (κ1) is 10.7. The predicted molar refractivity (Wildman–Crippen MR) is 45.0 cm³/mol. The molecule has 0 aromatic heterocycles. The topological polar surface area (TPSA) is 60.2 Å². The quantitative estimate of drug-likeness (QED) is 0.580. The summed E-state index contributed by atoms with van der Waals surface area (Å²) >= 11 is 0. The van der Waals surface area contributed by atoms with Gasteiger partial charge in [0.1, 0.15) is 0 Å². The Labute approximate surface area is 77.8 Å². The molecular formula is C6H8LiNO2S. The van der Waals surface area contributed by atoms with Crippen LogP contribution in [0, 0.1) is 0 Å². The Hall–Kier alpha value is -0.273. The van der Waals surface area contributed by atoms with Crippen molar-refractivity contribution in [2.75, 3.05) is 0 Å². The molecule has 11 heavy (non-hydrogen) atoms. The summed E-state index contributed by atoms with van der Waals surface area (Å²) in [6.45, 7) is 0. The van der Waals surface area contributed by atoms with E-state index < -0.39 is 10.0 Å². The molecule has 3 nitrogen and oxygen atoms in total. The summed E-state index contributed by atoms with van der Waals surface area (Å²) in [7, 11) is -3.50. The molecule has 0 heterocycles. The van der Waals surface area contributed by atoms with Gasteiger partial charge >= 0.3 is 18.9 Å². The third-order valence-corrected chi connectivity index (χ3v) is 2.00. The van der Waals surface area contributed by atoms with Crippen molar-refractivity contribution in [2.45, 2.75) is 4.90 Å². The Morgan fingerprint density at radius 1 is 1.09 bits per heavy atom. The molecule has 0 amide bonds. The third kappa shape index (κ3) is 3.08. The Bertz CT molecular complexity index is 309. The van der Waals surface area contributed by atoms with E-state index in [1.165, 1.54) is 12.1 Å². The van der Waals surface area contributed by atoms with Crippen LogP contribution in [0.25, 0.3) is 0 Å². The van der Waals surface area contributed by atoms with Crippen LogP contribution in [0.3, 0.4) is 0 Å². The van der Waals surface area contributed by atoms with Gasteiger partial charge < -0.3 is 0 Å². The number of benzene rings is 1. The van der Waals surface area contributed by atoms with Gasteiger partial charge in [0, 0.05) is 0 Å². The number of sulfonamides is 1. The fourth-order valence-corrected chi connectivity index (χ4v) is 1.15. The van der Waals surface area contributed by atoms with E-state index >= 15 is 0 Å². The van der Waals surface area contributed by atoms with Crippen molar-refractivity contribution in [3.63, 3.8) is 0 Å². The molecule has 0 saturated carbocycles. The first-order valence-electron chi connectivity index (χ1n) is 2.68. The van der Waals surface area contributed by atoms with E-state index in [0.717, 1.165) is 0 Å². The number of hydrogen-bond donors (Lipinski definition) is 1. The molecule has 0 atom stereocenters. The van der Waals surface area contributed by atoms with Gasteiger partial charge in [-0.05, 0) is 12.1 Å². The molecule has 1 aromatic carbocycles. The van der Waals surface area contributed by atoms with Crippen molar-refractivity contribution in [1.29, 1.82) is 0 Å². The minimum absolute atomic E-state index is 0. The average molecular weight is 165 g/mol. The molecule has 0 aliphatic rings. The van der Waals surface area contributed by atoms with Crippen LogP contribution in [0.5, 0.6) is 0 Å². The van der Waals surface area contributed by atoms with Crippen molar-refractivity contribution in [2.24, 2.45) is 5.14 Å². The van der Waals surface area contributed by atoms with Crippen LogP contribution in [0.4, 0.5) is 0 Å². The van der Waals surface area contributed by atoms with E-state index in [0.29, 0.717) is 0 Å². The third-order valence-electron chi connectivity index (χ3n) is 1.07. The number of nitrogens with two attached hydrogens (primary N) is 1. The van der Waals surface area contributed by atoms with Crippen LogP contribution in [0.2, 0.25) is 0 Å². The normalized spacial score (nSPS) is 10.3. The van der Waals surface area contributed by atoms with E-state index in [1.807, 2.05) is 0 Å². The Morgan fingerprint density at radius 2 is 1.55 bits per heavy atom. The zero-order chi connectivity index (χ0) is 7.61. The molecule has 56 valence electrons. The second-order valence-electron chi connectivity index (χ2n) is 1.86. The van der Waals surface area contributed by atoms with Gasteiger partial charge in [0.15, 0.2) is 0 Å². The molecule has 2 N–H and O–H groups in total. The summed E-state index contributed by atoms with van der Waals surface area (Å²) in [5.74, 6) is 0. The maximum atomic E-state index is 10.6. The first-order valence-corrected chi connectivity index (χ1v) is 4.23. The molecule has 0 bridgehead atoms. The molecule has 0 unspecified atom stereocenters. The summed E-state index contributed by atoms with van der Waals surface area (Å²) in [6.07, 6.45) is 0. The zero-order valence-corrected chi connectivity index (χ0v) is 6.01. The maximum absolute atomic E-state index is 10.6. The fourth-order valence-electron chi connectivity index (χ4n) is 0.610. The molecule has 1 aromatic rings. The molecule has 0 aliphatic heterocycles. The van der Waals surface area contributed by atoms with E-state index in [4.69, 9.17) is 5.14 Å². The van der Waals surface area contributed by atoms with Crippen LogP contribution >= 0.6 is 0 Å². The van der Waals surface area contributed by atoms with E-state index in [-0.39, 0.29) is 23.8 Å². The number of hydrogen-bond acceptors (Lipinski definition) is 2. The van der Waals surface area contributed by atoms with E-state index in [9.17, 15) is 8.42 Å². The van der Waals surface area contributed by atoms with E-state index in [1.54, 1.807) is 18.2 Å². The number of primary sulfonamides is 1. The monoisotopic (exact) mass is 165 g/mol. The molecule has 0 radical (unpaired) electrons. The Balaban J connectivity index is 0.000001000. The fraction of sp³-hybridized carbons (Fsp3) is 0. The molecule has 5 heteroatoms. The van der Waals surface area contributed by atoms with Gasteiger partial charge in [0.05, 0.1) is 4.90 Å². The summed E-state index contributed by atoms with van der Waals surface area (Å²) in [5, 5.41) is 4.83. The zero-order valence-electron chi connectivity index (χ0n) is 5.19. The molecule has 0 spiro atoms. The summed E-state index contributed by atoms with van der Waals surface area (Å²) < 4.78 is 21.2. The second-order valence-corrected chi connectivity index (χ2v) is 3.42. The van der Waals surface area contributed by atoms with Gasteiger partial charge in [0.25, 0.3) is 0 Å². The van der Waals surface area contributed by atoms with E-state index in [2.05, 4.69) is 0 Å². The van der Waals surface area contributed by atoms with Crippen molar-refractivity contribution in [3.05, 3.63) is 30.3 Å². The molecule has 1 rings (SSSR count). The molecule has 0 aliphatic carbocycles. The van der Waals surface area contributed by atoms with Crippen LogP contribution in [-0.2, 0) is 10.0 Å². The SMILES string of the molecule is NS(=O)(=O)c1ccccc1.[LiH]. The van der Waals surface area contributed by atoms with Gasteiger partial charge in [-0.25, -0.2) is 13.6 Å². The van der Waals surface area contributed by atoms with Gasteiger partial charge in [-0.15, -0.1) is 0 Å². The van der Waals surface area contributed by atoms with Gasteiger partial charge in [-0.2, -0.15) is 0 Å². The summed E-state index contributed by atoms with van der Waals surface area (Å²) in [4.78, 5) is 0.148. The van der Waals surface area contributed by atoms with Crippen LogP contribution in [0.1, 0.15) is 0 Å². The first-order chi connectivity index (χ1) is 4.61. The second kappa shape index (κ2) is 3.93. The van der Waals surface area contributed by atoms with Crippen molar-refractivity contribution in [3.8, 4) is 0 Å². The van der Waals surface area contributed by atoms with Crippen LogP contribution in [0.15, 0.2) is 35.2 Å². The van der Waals surface area contributed by atoms with Gasteiger partial charge in [0.2, 0.25) is 10.0 Å². The predicted octanol–water partition coefficient (Wildman–Crippen LogP) is -0.314. The van der Waals surface area contributed by atoms with Crippen LogP contribution in [-0.4, -0.2) is 27.3 Å². The van der Waals surface area contributed by atoms with Crippen molar-refractivity contribution in [1.82, 2.24) is 0 Å². The summed E-state index contributed by atoms with van der Waals surface area (Å²) in [5.41, 5.74) is 0. The van der Waals surface area contributed by atoms with Crippen molar-refractivity contribution >= 4 is 28.9 Å². The molecular weight excluding hydrogens is 157 g/mol. The van der Waals surface area contributed by atoms with Crippen LogP contribution < -0.4 is 5.14 Å².